The van der Waals surface area contributed by atoms with Crippen LogP contribution in [0, 0.1) is 0 Å². The number of aryl methyl sites for hydroxylation is 2. The van der Waals surface area contributed by atoms with E-state index in [1.165, 1.54) is 47.1 Å². The van der Waals surface area contributed by atoms with E-state index in [1.807, 2.05) is 24.3 Å². The number of aliphatic hydroxyl groups is 1. The van der Waals surface area contributed by atoms with Crippen molar-refractivity contribution in [3.05, 3.63) is 90.0 Å². The Morgan fingerprint density at radius 1 is 0.857 bits per heavy atom. The van der Waals surface area contributed by atoms with E-state index < -0.39 is 12.6 Å². The van der Waals surface area contributed by atoms with Gasteiger partial charge in [-0.05, 0) is 64.8 Å². The molecule has 4 heteroatoms. The highest BCUT2D eigenvalue weighted by Crippen LogP contribution is 2.31. The standard InChI is InChI=1S/C31H36O4/c1-4-6-7-8-24-9-11-26(12-10-24)28-15-18-30(25(5-2)21-28)27-13-16-29(17-14-27)34-19-20-35-31(33)23(3)22-32/h9-18,21,32H,3-8,19-20,22H2,1-2H3. The molecule has 0 aliphatic rings. The van der Waals surface area contributed by atoms with Crippen LogP contribution in [0.1, 0.15) is 44.2 Å². The molecule has 0 radical (unpaired) electrons. The van der Waals surface area contributed by atoms with Crippen molar-refractivity contribution in [1.29, 1.82) is 0 Å². The summed E-state index contributed by atoms with van der Waals surface area (Å²) in [5.41, 5.74) is 7.59. The Morgan fingerprint density at radius 3 is 2.20 bits per heavy atom. The monoisotopic (exact) mass is 472 g/mol. The molecular weight excluding hydrogens is 436 g/mol. The van der Waals surface area contributed by atoms with Gasteiger partial charge in [-0.25, -0.2) is 4.79 Å². The van der Waals surface area contributed by atoms with Gasteiger partial charge >= 0.3 is 5.97 Å². The molecule has 0 heterocycles. The summed E-state index contributed by atoms with van der Waals surface area (Å²) >= 11 is 0. The van der Waals surface area contributed by atoms with Gasteiger partial charge < -0.3 is 14.6 Å². The molecule has 0 atom stereocenters. The maximum absolute atomic E-state index is 11.5. The lowest BCUT2D eigenvalue weighted by Crippen LogP contribution is -2.14. The first-order valence-corrected chi connectivity index (χ1v) is 12.5. The zero-order valence-electron chi connectivity index (χ0n) is 20.9. The number of carbonyl (C=O) groups is 1. The van der Waals surface area contributed by atoms with E-state index in [2.05, 4.69) is 62.9 Å². The van der Waals surface area contributed by atoms with Crippen LogP contribution in [0.25, 0.3) is 22.3 Å². The molecule has 0 unspecified atom stereocenters. The molecule has 0 spiro atoms. The zero-order valence-corrected chi connectivity index (χ0v) is 20.9. The normalized spacial score (nSPS) is 10.7. The van der Waals surface area contributed by atoms with E-state index in [1.54, 1.807) is 0 Å². The molecule has 0 amide bonds. The second-order valence-corrected chi connectivity index (χ2v) is 8.65. The van der Waals surface area contributed by atoms with Crippen LogP contribution < -0.4 is 4.74 Å². The minimum absolute atomic E-state index is 0.0338. The molecule has 0 aliphatic heterocycles. The van der Waals surface area contributed by atoms with Crippen molar-refractivity contribution in [1.82, 2.24) is 0 Å². The van der Waals surface area contributed by atoms with Gasteiger partial charge in [-0.2, -0.15) is 0 Å². The highest BCUT2D eigenvalue weighted by atomic mass is 16.6. The van der Waals surface area contributed by atoms with Crippen molar-refractivity contribution in [2.45, 2.75) is 46.0 Å². The van der Waals surface area contributed by atoms with Crippen LogP contribution in [0.15, 0.2) is 78.9 Å². The molecule has 184 valence electrons. The third kappa shape index (κ3) is 7.56. The molecule has 0 bridgehead atoms. The summed E-state index contributed by atoms with van der Waals surface area (Å²) in [5.74, 6) is 0.101. The van der Waals surface area contributed by atoms with E-state index >= 15 is 0 Å². The number of hydrogen-bond donors (Lipinski definition) is 1. The first-order valence-electron chi connectivity index (χ1n) is 12.5. The largest absolute Gasteiger partial charge is 0.490 e. The van der Waals surface area contributed by atoms with E-state index in [4.69, 9.17) is 14.6 Å². The van der Waals surface area contributed by atoms with Gasteiger partial charge in [0.2, 0.25) is 0 Å². The van der Waals surface area contributed by atoms with Crippen molar-refractivity contribution in [3.63, 3.8) is 0 Å². The molecule has 1 N–H and O–H groups in total. The van der Waals surface area contributed by atoms with E-state index in [9.17, 15) is 4.79 Å². The Hall–Kier alpha value is -3.37. The highest BCUT2D eigenvalue weighted by molar-refractivity contribution is 5.87. The number of unbranched alkanes of at least 4 members (excludes halogenated alkanes) is 2. The predicted molar refractivity (Wildman–Crippen MR) is 143 cm³/mol. The van der Waals surface area contributed by atoms with Crippen molar-refractivity contribution in [3.8, 4) is 28.0 Å². The summed E-state index contributed by atoms with van der Waals surface area (Å²) in [6.45, 7) is 7.78. The van der Waals surface area contributed by atoms with Gasteiger partial charge in [0, 0.05) is 0 Å². The molecule has 35 heavy (non-hydrogen) atoms. The summed E-state index contributed by atoms with van der Waals surface area (Å²) in [5, 5.41) is 8.88. The van der Waals surface area contributed by atoms with Gasteiger partial charge in [-0.3, -0.25) is 0 Å². The second kappa shape index (κ2) is 13.5. The molecule has 0 aliphatic carbocycles. The first-order chi connectivity index (χ1) is 17.0. The molecule has 3 aromatic rings. The van der Waals surface area contributed by atoms with E-state index in [0.29, 0.717) is 5.75 Å². The maximum atomic E-state index is 11.5. The minimum Gasteiger partial charge on any atom is -0.490 e. The average molecular weight is 473 g/mol. The first kappa shape index (κ1) is 26.2. The van der Waals surface area contributed by atoms with E-state index in [-0.39, 0.29) is 18.8 Å². The van der Waals surface area contributed by atoms with Crippen molar-refractivity contribution in [2.24, 2.45) is 0 Å². The fraction of sp³-hybridized carbons (Fsp3) is 0.323. The SMILES string of the molecule is C=C(CO)C(=O)OCCOc1ccc(-c2ccc(-c3ccc(CCCCC)cc3)cc2CC)cc1. The predicted octanol–water partition coefficient (Wildman–Crippen LogP) is 6.79. The fourth-order valence-electron chi connectivity index (χ4n) is 3.98. The lowest BCUT2D eigenvalue weighted by Gasteiger charge is -2.13. The van der Waals surface area contributed by atoms with Gasteiger partial charge in [-0.15, -0.1) is 0 Å². The summed E-state index contributed by atoms with van der Waals surface area (Å²) in [6.07, 6.45) is 5.88. The Labute approximate surface area is 209 Å². The van der Waals surface area contributed by atoms with Gasteiger partial charge in [0.15, 0.2) is 0 Å². The lowest BCUT2D eigenvalue weighted by atomic mass is 9.93. The van der Waals surface area contributed by atoms with Crippen molar-refractivity contribution in [2.75, 3.05) is 19.8 Å². The number of rotatable bonds is 13. The Balaban J connectivity index is 1.62. The third-order valence-corrected chi connectivity index (χ3v) is 6.07. The van der Waals surface area contributed by atoms with Crippen LogP contribution in [0.2, 0.25) is 0 Å². The summed E-state index contributed by atoms with van der Waals surface area (Å²) < 4.78 is 10.7. The van der Waals surface area contributed by atoms with Gasteiger partial charge in [0.05, 0.1) is 12.2 Å². The number of hydrogen-bond acceptors (Lipinski definition) is 4. The zero-order chi connectivity index (χ0) is 25.0. The minimum atomic E-state index is -0.607. The fourth-order valence-corrected chi connectivity index (χ4v) is 3.98. The summed E-state index contributed by atoms with van der Waals surface area (Å²) in [7, 11) is 0. The molecule has 0 aromatic heterocycles. The van der Waals surface area contributed by atoms with Gasteiger partial charge in [0.25, 0.3) is 0 Å². The lowest BCUT2D eigenvalue weighted by molar-refractivity contribution is -0.140. The Kier molecular flexibility index (Phi) is 10.1. The summed E-state index contributed by atoms with van der Waals surface area (Å²) in [6, 6.07) is 23.6. The van der Waals surface area contributed by atoms with E-state index in [0.717, 1.165) is 18.4 Å². The molecule has 0 saturated heterocycles. The van der Waals surface area contributed by atoms with Crippen LogP contribution in [0.4, 0.5) is 0 Å². The van der Waals surface area contributed by atoms with Crippen molar-refractivity contribution >= 4 is 5.97 Å². The van der Waals surface area contributed by atoms with Crippen LogP contribution in [-0.4, -0.2) is 30.9 Å². The maximum Gasteiger partial charge on any atom is 0.335 e. The molecule has 3 rings (SSSR count). The van der Waals surface area contributed by atoms with Crippen LogP contribution in [0.5, 0.6) is 5.75 Å². The van der Waals surface area contributed by atoms with Gasteiger partial charge in [-0.1, -0.05) is 87.9 Å². The van der Waals surface area contributed by atoms with Gasteiger partial charge in [0.1, 0.15) is 19.0 Å². The Bertz CT molecular complexity index is 1100. The number of aliphatic hydroxyl groups excluding tert-OH is 1. The topological polar surface area (TPSA) is 55.8 Å². The van der Waals surface area contributed by atoms with Crippen LogP contribution in [-0.2, 0) is 22.4 Å². The molecule has 4 nitrogen and oxygen atoms in total. The molecular formula is C31H36O4. The molecule has 3 aromatic carbocycles. The molecule has 0 saturated carbocycles. The quantitative estimate of drug-likeness (QED) is 0.169. The number of carbonyl (C=O) groups excluding carboxylic acids is 1. The van der Waals surface area contributed by atoms with Crippen LogP contribution >= 0.6 is 0 Å². The number of esters is 1. The highest BCUT2D eigenvalue weighted by Gasteiger charge is 2.09. The average Bonchev–Trinajstić information content (AvgIpc) is 2.91. The second-order valence-electron chi connectivity index (χ2n) is 8.65. The molecule has 0 fully saturated rings. The smallest absolute Gasteiger partial charge is 0.335 e. The number of benzene rings is 3. The summed E-state index contributed by atoms with van der Waals surface area (Å²) in [4.78, 5) is 11.5. The number of ether oxygens (including phenoxy) is 2. The third-order valence-electron chi connectivity index (χ3n) is 6.07. The van der Waals surface area contributed by atoms with Crippen LogP contribution in [0.3, 0.4) is 0 Å². The Morgan fingerprint density at radius 2 is 1.54 bits per heavy atom. The van der Waals surface area contributed by atoms with Crippen molar-refractivity contribution < 1.29 is 19.4 Å².